The highest BCUT2D eigenvalue weighted by Gasteiger charge is 2.36. The largest absolute Gasteiger partial charge is 0.356 e. The minimum absolute atomic E-state index is 0.149. The molecule has 1 saturated carbocycles. The number of likely N-dealkylation sites (tertiary alicyclic amines) is 1. The molecule has 0 N–H and O–H groups in total. The fourth-order valence-electron chi connectivity index (χ4n) is 4.02. The van der Waals surface area contributed by atoms with Crippen LogP contribution in [0.1, 0.15) is 43.0 Å². The fourth-order valence-corrected chi connectivity index (χ4v) is 4.02. The van der Waals surface area contributed by atoms with Crippen LogP contribution in [0.5, 0.6) is 0 Å². The monoisotopic (exact) mass is 389 g/mol. The summed E-state index contributed by atoms with van der Waals surface area (Å²) in [6.07, 6.45) is 9.32. The molecule has 2 fully saturated rings. The zero-order chi connectivity index (χ0) is 19.8. The van der Waals surface area contributed by atoms with Crippen LogP contribution in [-0.2, 0) is 4.79 Å². The molecule has 7 heteroatoms. The number of rotatable bonds is 4. The van der Waals surface area contributed by atoms with Gasteiger partial charge < -0.3 is 9.42 Å². The first kappa shape index (κ1) is 18.0. The van der Waals surface area contributed by atoms with E-state index in [1.807, 2.05) is 36.2 Å². The number of pyridine rings is 1. The Morgan fingerprint density at radius 1 is 1.21 bits per heavy atom. The van der Waals surface area contributed by atoms with Gasteiger partial charge in [-0.1, -0.05) is 5.16 Å². The summed E-state index contributed by atoms with van der Waals surface area (Å²) in [5.41, 5.74) is 3.52. The second-order valence-corrected chi connectivity index (χ2v) is 7.96. The van der Waals surface area contributed by atoms with E-state index in [1.165, 1.54) is 0 Å². The summed E-state index contributed by atoms with van der Waals surface area (Å²) >= 11 is 0. The number of aryl methyl sites for hydroxylation is 1. The molecule has 1 aliphatic heterocycles. The zero-order valence-electron chi connectivity index (χ0n) is 16.4. The number of piperidine rings is 1. The molecule has 0 radical (unpaired) electrons. The van der Waals surface area contributed by atoms with Gasteiger partial charge in [0.1, 0.15) is 0 Å². The first-order chi connectivity index (χ1) is 14.2. The lowest BCUT2D eigenvalue weighted by molar-refractivity contribution is -0.133. The molecule has 1 atom stereocenters. The van der Waals surface area contributed by atoms with Crippen molar-refractivity contribution < 1.29 is 9.32 Å². The van der Waals surface area contributed by atoms with Gasteiger partial charge in [-0.25, -0.2) is 9.97 Å². The summed E-state index contributed by atoms with van der Waals surface area (Å²) in [6.45, 7) is 3.43. The van der Waals surface area contributed by atoms with E-state index in [4.69, 9.17) is 9.51 Å². The van der Waals surface area contributed by atoms with E-state index in [-0.39, 0.29) is 11.8 Å². The highest BCUT2D eigenvalue weighted by atomic mass is 16.5. The van der Waals surface area contributed by atoms with Crippen LogP contribution in [0, 0.1) is 12.8 Å². The lowest BCUT2D eigenvalue weighted by Crippen LogP contribution is -2.40. The van der Waals surface area contributed by atoms with Crippen LogP contribution in [0.15, 0.2) is 41.3 Å². The van der Waals surface area contributed by atoms with Crippen LogP contribution in [0.4, 0.5) is 0 Å². The number of nitrogens with zero attached hydrogens (tertiary/aromatic N) is 5. The Kier molecular flexibility index (Phi) is 4.58. The number of aromatic nitrogens is 4. The minimum atomic E-state index is 0.149. The first-order valence-electron chi connectivity index (χ1n) is 10.2. The van der Waals surface area contributed by atoms with Crippen LogP contribution < -0.4 is 0 Å². The standard InChI is InChI=1S/C22H23N5O2/c1-14-11-19(29-26-14)18-12-24-21(15-6-8-23-9-7-15)25-20(18)17-3-2-10-27(13-17)22(28)16-4-5-16/h6-9,11-12,16-17H,2-5,10,13H2,1H3. The normalized spacial score (nSPS) is 19.3. The highest BCUT2D eigenvalue weighted by Crippen LogP contribution is 2.37. The Morgan fingerprint density at radius 2 is 2.03 bits per heavy atom. The van der Waals surface area contributed by atoms with Crippen LogP contribution >= 0.6 is 0 Å². The minimum Gasteiger partial charge on any atom is -0.356 e. The van der Waals surface area contributed by atoms with Crippen molar-refractivity contribution in [1.82, 2.24) is 25.0 Å². The molecule has 148 valence electrons. The van der Waals surface area contributed by atoms with E-state index in [9.17, 15) is 4.79 Å². The molecule has 4 heterocycles. The first-order valence-corrected chi connectivity index (χ1v) is 10.2. The average Bonchev–Trinajstić information content (AvgIpc) is 3.54. The van der Waals surface area contributed by atoms with Gasteiger partial charge in [0, 0.05) is 55.1 Å². The Bertz CT molecular complexity index is 1030. The summed E-state index contributed by atoms with van der Waals surface area (Å²) < 4.78 is 5.53. The molecule has 29 heavy (non-hydrogen) atoms. The third kappa shape index (κ3) is 3.64. The average molecular weight is 389 g/mol. The van der Waals surface area contributed by atoms with Crippen molar-refractivity contribution in [3.8, 4) is 22.7 Å². The van der Waals surface area contributed by atoms with E-state index >= 15 is 0 Å². The van der Waals surface area contributed by atoms with Crippen molar-refractivity contribution >= 4 is 5.91 Å². The zero-order valence-corrected chi connectivity index (χ0v) is 16.4. The Labute approximate surface area is 169 Å². The topological polar surface area (TPSA) is 85.0 Å². The van der Waals surface area contributed by atoms with Crippen molar-refractivity contribution in [2.45, 2.75) is 38.5 Å². The SMILES string of the molecule is Cc1cc(-c2cnc(-c3ccncc3)nc2C2CCCN(C(=O)C3CC3)C2)on1. The summed E-state index contributed by atoms with van der Waals surface area (Å²) in [7, 11) is 0. The van der Waals surface area contributed by atoms with Crippen molar-refractivity contribution in [3.63, 3.8) is 0 Å². The molecule has 1 unspecified atom stereocenters. The number of hydrogen-bond acceptors (Lipinski definition) is 6. The molecule has 3 aromatic rings. The lowest BCUT2D eigenvalue weighted by Gasteiger charge is -2.33. The molecule has 7 nitrogen and oxygen atoms in total. The summed E-state index contributed by atoms with van der Waals surface area (Å²) in [4.78, 5) is 28.3. The summed E-state index contributed by atoms with van der Waals surface area (Å²) in [6, 6.07) is 5.71. The predicted octanol–water partition coefficient (Wildman–Crippen LogP) is 3.62. The number of amides is 1. The predicted molar refractivity (Wildman–Crippen MR) is 107 cm³/mol. The maximum atomic E-state index is 12.6. The van der Waals surface area contributed by atoms with E-state index in [1.54, 1.807) is 12.4 Å². The molecule has 1 amide bonds. The van der Waals surface area contributed by atoms with Gasteiger partial charge in [-0.2, -0.15) is 0 Å². The number of carbonyl (C=O) groups is 1. The van der Waals surface area contributed by atoms with E-state index in [0.717, 1.165) is 54.7 Å². The third-order valence-corrected chi connectivity index (χ3v) is 5.70. The van der Waals surface area contributed by atoms with E-state index < -0.39 is 0 Å². The van der Waals surface area contributed by atoms with Crippen molar-refractivity contribution in [1.29, 1.82) is 0 Å². The number of carbonyl (C=O) groups excluding carboxylic acids is 1. The smallest absolute Gasteiger partial charge is 0.225 e. The lowest BCUT2D eigenvalue weighted by atomic mass is 9.91. The molecule has 0 spiro atoms. The van der Waals surface area contributed by atoms with Crippen LogP contribution in [0.3, 0.4) is 0 Å². The molecular formula is C22H23N5O2. The number of hydrogen-bond donors (Lipinski definition) is 0. The maximum Gasteiger partial charge on any atom is 0.225 e. The van der Waals surface area contributed by atoms with E-state index in [2.05, 4.69) is 15.1 Å². The van der Waals surface area contributed by atoms with Gasteiger partial charge in [0.15, 0.2) is 11.6 Å². The van der Waals surface area contributed by atoms with Crippen LogP contribution in [0.2, 0.25) is 0 Å². The second-order valence-electron chi connectivity index (χ2n) is 7.96. The van der Waals surface area contributed by atoms with Crippen molar-refractivity contribution in [2.24, 2.45) is 5.92 Å². The molecule has 1 saturated heterocycles. The van der Waals surface area contributed by atoms with Crippen molar-refractivity contribution in [2.75, 3.05) is 13.1 Å². The molecule has 1 aliphatic carbocycles. The van der Waals surface area contributed by atoms with Crippen molar-refractivity contribution in [3.05, 3.63) is 48.2 Å². The van der Waals surface area contributed by atoms with Gasteiger partial charge in [0.05, 0.1) is 17.0 Å². The fraction of sp³-hybridized carbons (Fsp3) is 0.409. The molecule has 2 aliphatic rings. The third-order valence-electron chi connectivity index (χ3n) is 5.70. The summed E-state index contributed by atoms with van der Waals surface area (Å²) in [5.74, 6) is 2.02. The maximum absolute atomic E-state index is 12.6. The Balaban J connectivity index is 1.53. The van der Waals surface area contributed by atoms with Gasteiger partial charge in [0.25, 0.3) is 0 Å². The Hall–Kier alpha value is -3.09. The second kappa shape index (κ2) is 7.39. The van der Waals surface area contributed by atoms with Crippen LogP contribution in [0.25, 0.3) is 22.7 Å². The van der Waals surface area contributed by atoms with Gasteiger partial charge >= 0.3 is 0 Å². The van der Waals surface area contributed by atoms with Gasteiger partial charge in [-0.15, -0.1) is 0 Å². The van der Waals surface area contributed by atoms with Gasteiger partial charge in [0.2, 0.25) is 5.91 Å². The molecule has 0 aromatic carbocycles. The molecule has 3 aromatic heterocycles. The molecule has 5 rings (SSSR count). The quantitative estimate of drug-likeness (QED) is 0.678. The molecule has 0 bridgehead atoms. The molecular weight excluding hydrogens is 366 g/mol. The summed E-state index contributed by atoms with van der Waals surface area (Å²) in [5, 5.41) is 4.03. The van der Waals surface area contributed by atoms with E-state index in [0.29, 0.717) is 24.0 Å². The van der Waals surface area contributed by atoms with Gasteiger partial charge in [-0.05, 0) is 44.7 Å². The Morgan fingerprint density at radius 3 is 2.76 bits per heavy atom. The van der Waals surface area contributed by atoms with Gasteiger partial charge in [-0.3, -0.25) is 9.78 Å². The van der Waals surface area contributed by atoms with Crippen LogP contribution in [-0.4, -0.2) is 44.0 Å². The highest BCUT2D eigenvalue weighted by molar-refractivity contribution is 5.81.